The molecule has 0 N–H and O–H groups in total. The van der Waals surface area contributed by atoms with E-state index < -0.39 is 0 Å². The van der Waals surface area contributed by atoms with Gasteiger partial charge in [0.1, 0.15) is 12.4 Å². The molecule has 0 fully saturated rings. The van der Waals surface area contributed by atoms with Crippen LogP contribution in [-0.2, 0) is 4.74 Å². The summed E-state index contributed by atoms with van der Waals surface area (Å²) in [5.74, 6) is 0.914. The Morgan fingerprint density at radius 3 is 2.64 bits per heavy atom. The summed E-state index contributed by atoms with van der Waals surface area (Å²) in [5.41, 5.74) is 1.26. The van der Waals surface area contributed by atoms with Crippen molar-refractivity contribution in [3.05, 3.63) is 23.8 Å². The minimum atomic E-state index is 0.606. The average Bonchev–Trinajstić information content (AvgIpc) is 2.18. The van der Waals surface area contributed by atoms with Crippen molar-refractivity contribution >= 4 is 11.8 Å². The maximum Gasteiger partial charge on any atom is 0.119 e. The molecule has 0 bridgehead atoms. The minimum absolute atomic E-state index is 0.606. The van der Waals surface area contributed by atoms with Crippen LogP contribution >= 0.6 is 11.8 Å². The quantitative estimate of drug-likeness (QED) is 0.552. The van der Waals surface area contributed by atoms with Gasteiger partial charge in [0.15, 0.2) is 0 Å². The molecule has 0 aliphatic carbocycles. The zero-order valence-electron chi connectivity index (χ0n) is 8.87. The molecule has 0 aromatic heterocycles. The first-order valence-electron chi connectivity index (χ1n) is 4.54. The molecule has 0 aliphatic rings. The van der Waals surface area contributed by atoms with E-state index in [9.17, 15) is 0 Å². The smallest absolute Gasteiger partial charge is 0.119 e. The Labute approximate surface area is 89.6 Å². The lowest BCUT2D eigenvalue weighted by Gasteiger charge is -2.08. The van der Waals surface area contributed by atoms with E-state index >= 15 is 0 Å². The summed E-state index contributed by atoms with van der Waals surface area (Å²) >= 11 is 1.75. The molecular weight excluding hydrogens is 196 g/mol. The van der Waals surface area contributed by atoms with Gasteiger partial charge in [-0.15, -0.1) is 11.8 Å². The SMILES string of the molecule is COCCOc1ccc(SC)c(C)c1. The molecule has 78 valence electrons. The van der Waals surface area contributed by atoms with Crippen LogP contribution in [0.15, 0.2) is 23.1 Å². The lowest BCUT2D eigenvalue weighted by atomic mass is 10.2. The molecule has 0 amide bonds. The summed E-state index contributed by atoms with van der Waals surface area (Å²) < 4.78 is 10.4. The van der Waals surface area contributed by atoms with Crippen LogP contribution in [0.3, 0.4) is 0 Å². The van der Waals surface area contributed by atoms with Gasteiger partial charge in [-0.25, -0.2) is 0 Å². The number of aryl methyl sites for hydroxylation is 1. The van der Waals surface area contributed by atoms with Crippen LogP contribution in [0.4, 0.5) is 0 Å². The summed E-state index contributed by atoms with van der Waals surface area (Å²) in [6, 6.07) is 6.14. The van der Waals surface area contributed by atoms with Crippen molar-refractivity contribution < 1.29 is 9.47 Å². The molecule has 14 heavy (non-hydrogen) atoms. The number of hydrogen-bond donors (Lipinski definition) is 0. The van der Waals surface area contributed by atoms with Gasteiger partial charge in [0.25, 0.3) is 0 Å². The second-order valence-electron chi connectivity index (χ2n) is 2.97. The van der Waals surface area contributed by atoms with Crippen molar-refractivity contribution in [2.75, 3.05) is 26.6 Å². The molecule has 0 unspecified atom stereocenters. The second kappa shape index (κ2) is 5.94. The van der Waals surface area contributed by atoms with Crippen molar-refractivity contribution in [1.29, 1.82) is 0 Å². The number of benzene rings is 1. The van der Waals surface area contributed by atoms with Gasteiger partial charge < -0.3 is 9.47 Å². The van der Waals surface area contributed by atoms with Gasteiger partial charge in [-0.3, -0.25) is 0 Å². The minimum Gasteiger partial charge on any atom is -0.491 e. The van der Waals surface area contributed by atoms with Gasteiger partial charge in [-0.2, -0.15) is 0 Å². The largest absolute Gasteiger partial charge is 0.491 e. The summed E-state index contributed by atoms with van der Waals surface area (Å²) in [6.45, 7) is 3.33. The number of thioether (sulfide) groups is 1. The Morgan fingerprint density at radius 1 is 1.29 bits per heavy atom. The first-order chi connectivity index (χ1) is 6.77. The highest BCUT2D eigenvalue weighted by Crippen LogP contribution is 2.23. The fraction of sp³-hybridized carbons (Fsp3) is 0.455. The zero-order chi connectivity index (χ0) is 10.4. The van der Waals surface area contributed by atoms with Crippen LogP contribution in [0.5, 0.6) is 5.75 Å². The molecule has 1 rings (SSSR count). The Kier molecular flexibility index (Phi) is 4.84. The van der Waals surface area contributed by atoms with Gasteiger partial charge in [0, 0.05) is 12.0 Å². The topological polar surface area (TPSA) is 18.5 Å². The van der Waals surface area contributed by atoms with Crippen molar-refractivity contribution in [2.45, 2.75) is 11.8 Å². The Balaban J connectivity index is 2.57. The normalized spacial score (nSPS) is 10.2. The molecule has 0 saturated carbocycles. The van der Waals surface area contributed by atoms with E-state index in [1.165, 1.54) is 10.5 Å². The lowest BCUT2D eigenvalue weighted by molar-refractivity contribution is 0.146. The van der Waals surface area contributed by atoms with Crippen molar-refractivity contribution in [3.8, 4) is 5.75 Å². The van der Waals surface area contributed by atoms with Gasteiger partial charge in [-0.05, 0) is 36.9 Å². The summed E-state index contributed by atoms with van der Waals surface area (Å²) in [7, 11) is 1.67. The molecule has 0 aliphatic heterocycles. The van der Waals surface area contributed by atoms with Crippen molar-refractivity contribution in [3.63, 3.8) is 0 Å². The van der Waals surface area contributed by atoms with E-state index in [-0.39, 0.29) is 0 Å². The molecule has 0 spiro atoms. The van der Waals surface area contributed by atoms with E-state index in [1.807, 2.05) is 6.07 Å². The third-order valence-corrected chi connectivity index (χ3v) is 2.82. The van der Waals surface area contributed by atoms with Crippen molar-refractivity contribution in [1.82, 2.24) is 0 Å². The van der Waals surface area contributed by atoms with E-state index in [0.717, 1.165) is 5.75 Å². The summed E-state index contributed by atoms with van der Waals surface area (Å²) in [4.78, 5) is 1.30. The monoisotopic (exact) mass is 212 g/mol. The molecule has 0 saturated heterocycles. The molecular formula is C11H16O2S. The predicted octanol–water partition coefficient (Wildman–Crippen LogP) is 2.74. The number of rotatable bonds is 5. The van der Waals surface area contributed by atoms with Crippen LogP contribution in [0.2, 0.25) is 0 Å². The molecule has 3 heteroatoms. The summed E-state index contributed by atoms with van der Waals surface area (Å²) in [6.07, 6.45) is 2.08. The first-order valence-corrected chi connectivity index (χ1v) is 5.76. The van der Waals surface area contributed by atoms with Crippen molar-refractivity contribution in [2.24, 2.45) is 0 Å². The number of hydrogen-bond acceptors (Lipinski definition) is 3. The second-order valence-corrected chi connectivity index (χ2v) is 3.82. The fourth-order valence-corrected chi connectivity index (χ4v) is 1.77. The van der Waals surface area contributed by atoms with E-state index in [2.05, 4.69) is 25.3 Å². The van der Waals surface area contributed by atoms with Crippen LogP contribution in [0.25, 0.3) is 0 Å². The maximum absolute atomic E-state index is 5.49. The van der Waals surface area contributed by atoms with E-state index in [4.69, 9.17) is 9.47 Å². The first kappa shape index (κ1) is 11.4. The molecule has 1 aromatic carbocycles. The highest BCUT2D eigenvalue weighted by atomic mass is 32.2. The third kappa shape index (κ3) is 3.24. The van der Waals surface area contributed by atoms with Gasteiger partial charge in [0.05, 0.1) is 6.61 Å². The van der Waals surface area contributed by atoms with Crippen LogP contribution in [0, 0.1) is 6.92 Å². The predicted molar refractivity (Wildman–Crippen MR) is 60.3 cm³/mol. The highest BCUT2D eigenvalue weighted by molar-refractivity contribution is 7.98. The molecule has 0 atom stereocenters. The third-order valence-electron chi connectivity index (χ3n) is 1.92. The highest BCUT2D eigenvalue weighted by Gasteiger charge is 1.99. The molecule has 0 radical (unpaired) electrons. The Morgan fingerprint density at radius 2 is 2.07 bits per heavy atom. The average molecular weight is 212 g/mol. The van der Waals surface area contributed by atoms with Gasteiger partial charge in [0.2, 0.25) is 0 Å². The van der Waals surface area contributed by atoms with Crippen LogP contribution in [-0.4, -0.2) is 26.6 Å². The lowest BCUT2D eigenvalue weighted by Crippen LogP contribution is -2.04. The molecule has 0 heterocycles. The molecule has 2 nitrogen and oxygen atoms in total. The van der Waals surface area contributed by atoms with E-state index in [0.29, 0.717) is 13.2 Å². The molecule has 1 aromatic rings. The standard InChI is InChI=1S/C11H16O2S/c1-9-8-10(13-7-6-12-2)4-5-11(9)14-3/h4-5,8H,6-7H2,1-3H3. The zero-order valence-corrected chi connectivity index (χ0v) is 9.69. The Bertz CT molecular complexity index is 287. The van der Waals surface area contributed by atoms with E-state index in [1.54, 1.807) is 18.9 Å². The summed E-state index contributed by atoms with van der Waals surface area (Å²) in [5, 5.41) is 0. The van der Waals surface area contributed by atoms with Gasteiger partial charge in [-0.1, -0.05) is 0 Å². The number of ether oxygens (including phenoxy) is 2. The van der Waals surface area contributed by atoms with Crippen LogP contribution in [0.1, 0.15) is 5.56 Å². The van der Waals surface area contributed by atoms with Gasteiger partial charge >= 0.3 is 0 Å². The maximum atomic E-state index is 5.49. The Hall–Kier alpha value is -0.670. The fourth-order valence-electron chi connectivity index (χ4n) is 1.18. The number of methoxy groups -OCH3 is 1. The van der Waals surface area contributed by atoms with Crippen LogP contribution < -0.4 is 4.74 Å².